The van der Waals surface area contributed by atoms with Gasteiger partial charge in [0.25, 0.3) is 0 Å². The molecule has 0 aromatic rings. The monoisotopic (exact) mass is 227 g/mol. The van der Waals surface area contributed by atoms with E-state index in [0.29, 0.717) is 0 Å². The summed E-state index contributed by atoms with van der Waals surface area (Å²) in [5.74, 6) is 0.00176. The summed E-state index contributed by atoms with van der Waals surface area (Å²) >= 11 is 0. The van der Waals surface area contributed by atoms with E-state index in [4.69, 9.17) is 0 Å². The molecule has 1 aliphatic heterocycles. The zero-order valence-corrected chi connectivity index (χ0v) is 10.1. The Balaban J connectivity index is 2.26. The average molecular weight is 227 g/mol. The first-order valence-corrected chi connectivity index (χ1v) is 5.88. The lowest BCUT2D eigenvalue weighted by atomic mass is 10.1. The van der Waals surface area contributed by atoms with Crippen LogP contribution in [0, 0.1) is 0 Å². The van der Waals surface area contributed by atoms with E-state index in [1.165, 1.54) is 6.42 Å². The summed E-state index contributed by atoms with van der Waals surface area (Å²) in [6.45, 7) is 3.71. The number of nitrogens with zero attached hydrogens (tertiary/aromatic N) is 1. The van der Waals surface area contributed by atoms with Crippen molar-refractivity contribution in [3.05, 3.63) is 0 Å². The fourth-order valence-corrected chi connectivity index (χ4v) is 1.80. The molecule has 5 nitrogen and oxygen atoms in total. The van der Waals surface area contributed by atoms with E-state index >= 15 is 0 Å². The van der Waals surface area contributed by atoms with Gasteiger partial charge in [0.2, 0.25) is 11.8 Å². The molecule has 0 aliphatic carbocycles. The first-order chi connectivity index (χ1) is 7.65. The lowest BCUT2D eigenvalue weighted by Gasteiger charge is -2.27. The van der Waals surface area contributed by atoms with E-state index in [9.17, 15) is 9.59 Å². The quantitative estimate of drug-likeness (QED) is 0.694. The van der Waals surface area contributed by atoms with Gasteiger partial charge in [0.1, 0.15) is 0 Å². The van der Waals surface area contributed by atoms with Crippen LogP contribution >= 0.6 is 0 Å². The fraction of sp³-hybridized carbons (Fsp3) is 0.818. The van der Waals surface area contributed by atoms with Crippen molar-refractivity contribution >= 4 is 11.8 Å². The predicted molar refractivity (Wildman–Crippen MR) is 62.0 cm³/mol. The van der Waals surface area contributed by atoms with Crippen molar-refractivity contribution in [1.82, 2.24) is 15.5 Å². The molecule has 1 aliphatic rings. The Morgan fingerprint density at radius 2 is 1.88 bits per heavy atom. The molecular weight excluding hydrogens is 206 g/mol. The van der Waals surface area contributed by atoms with E-state index in [1.54, 1.807) is 14.0 Å². The molecule has 0 saturated carbocycles. The Morgan fingerprint density at radius 3 is 2.44 bits per heavy atom. The van der Waals surface area contributed by atoms with Crippen molar-refractivity contribution in [2.75, 3.05) is 26.7 Å². The molecule has 1 saturated heterocycles. The van der Waals surface area contributed by atoms with Gasteiger partial charge in [0.15, 0.2) is 0 Å². The van der Waals surface area contributed by atoms with Gasteiger partial charge in [-0.1, -0.05) is 0 Å². The van der Waals surface area contributed by atoms with Crippen LogP contribution in [0.5, 0.6) is 0 Å². The van der Waals surface area contributed by atoms with Gasteiger partial charge in [0.05, 0.1) is 12.6 Å². The number of nitrogens with one attached hydrogen (secondary N) is 2. The third kappa shape index (κ3) is 3.81. The topological polar surface area (TPSA) is 61.4 Å². The van der Waals surface area contributed by atoms with Gasteiger partial charge >= 0.3 is 0 Å². The van der Waals surface area contributed by atoms with E-state index in [-0.39, 0.29) is 24.4 Å². The molecule has 5 heteroatoms. The minimum atomic E-state index is -0.321. The molecule has 2 N–H and O–H groups in total. The van der Waals surface area contributed by atoms with Gasteiger partial charge in [0, 0.05) is 20.1 Å². The van der Waals surface area contributed by atoms with Crippen LogP contribution in [0.2, 0.25) is 0 Å². The van der Waals surface area contributed by atoms with E-state index in [2.05, 4.69) is 10.6 Å². The number of carbonyl (C=O) groups is 2. The molecule has 1 fully saturated rings. The normalized spacial score (nSPS) is 18.0. The van der Waals surface area contributed by atoms with Crippen molar-refractivity contribution in [3.8, 4) is 0 Å². The molecule has 1 heterocycles. The Bertz CT molecular complexity index is 250. The van der Waals surface area contributed by atoms with Gasteiger partial charge in [-0.05, 0) is 26.2 Å². The summed E-state index contributed by atoms with van der Waals surface area (Å²) < 4.78 is 0. The molecule has 1 rings (SSSR count). The Kier molecular flexibility index (Phi) is 5.25. The highest BCUT2D eigenvalue weighted by Crippen LogP contribution is 2.08. The average Bonchev–Trinajstić information content (AvgIpc) is 2.35. The second kappa shape index (κ2) is 6.48. The number of rotatable bonds is 4. The van der Waals surface area contributed by atoms with Gasteiger partial charge < -0.3 is 10.2 Å². The highest BCUT2D eigenvalue weighted by atomic mass is 16.2. The van der Waals surface area contributed by atoms with Gasteiger partial charge in [-0.2, -0.15) is 0 Å². The molecule has 0 spiro atoms. The Labute approximate surface area is 96.6 Å². The van der Waals surface area contributed by atoms with Crippen LogP contribution in [-0.2, 0) is 9.59 Å². The molecule has 0 radical (unpaired) electrons. The number of hydrogen-bond acceptors (Lipinski definition) is 3. The standard InChI is InChI=1S/C11H21N3O2/c1-9(11(16)12-2)13-8-10(15)14-6-4-3-5-7-14/h9,13H,3-8H2,1-2H3,(H,12,16). The number of amides is 2. The summed E-state index contributed by atoms with van der Waals surface area (Å²) in [5.41, 5.74) is 0. The van der Waals surface area contributed by atoms with Crippen LogP contribution in [0.3, 0.4) is 0 Å². The highest BCUT2D eigenvalue weighted by Gasteiger charge is 2.18. The molecular formula is C11H21N3O2. The van der Waals surface area contributed by atoms with Crippen LogP contribution in [0.1, 0.15) is 26.2 Å². The first kappa shape index (κ1) is 13.0. The van der Waals surface area contributed by atoms with Gasteiger partial charge in [-0.15, -0.1) is 0 Å². The largest absolute Gasteiger partial charge is 0.358 e. The summed E-state index contributed by atoms with van der Waals surface area (Å²) in [4.78, 5) is 24.8. The molecule has 16 heavy (non-hydrogen) atoms. The molecule has 1 atom stereocenters. The molecule has 2 amide bonds. The first-order valence-electron chi connectivity index (χ1n) is 5.88. The SMILES string of the molecule is CNC(=O)C(C)NCC(=O)N1CCCCC1. The maximum Gasteiger partial charge on any atom is 0.236 e. The maximum atomic E-state index is 11.7. The number of likely N-dealkylation sites (tertiary alicyclic amines) is 1. The van der Waals surface area contributed by atoms with Gasteiger partial charge in [-0.25, -0.2) is 0 Å². The second-order valence-electron chi connectivity index (χ2n) is 4.16. The van der Waals surface area contributed by atoms with Crippen LogP contribution in [0.25, 0.3) is 0 Å². The van der Waals surface area contributed by atoms with Crippen molar-refractivity contribution in [3.63, 3.8) is 0 Å². The van der Waals surface area contributed by atoms with Crippen LogP contribution in [0.4, 0.5) is 0 Å². The fourth-order valence-electron chi connectivity index (χ4n) is 1.80. The third-order valence-electron chi connectivity index (χ3n) is 2.91. The summed E-state index contributed by atoms with van der Waals surface area (Å²) in [5, 5.41) is 5.47. The van der Waals surface area contributed by atoms with Crippen molar-refractivity contribution in [2.45, 2.75) is 32.2 Å². The minimum Gasteiger partial charge on any atom is -0.358 e. The number of likely N-dealkylation sites (N-methyl/N-ethyl adjacent to an activating group) is 1. The summed E-state index contributed by atoms with van der Waals surface area (Å²) in [7, 11) is 1.59. The lowest BCUT2D eigenvalue weighted by molar-refractivity contribution is -0.131. The van der Waals surface area contributed by atoms with Crippen molar-refractivity contribution < 1.29 is 9.59 Å². The number of hydrogen-bond donors (Lipinski definition) is 2. The number of piperidine rings is 1. The lowest BCUT2D eigenvalue weighted by Crippen LogP contribution is -2.47. The van der Waals surface area contributed by atoms with E-state index in [0.717, 1.165) is 25.9 Å². The van der Waals surface area contributed by atoms with Crippen LogP contribution in [0.15, 0.2) is 0 Å². The molecule has 92 valence electrons. The molecule has 0 bridgehead atoms. The third-order valence-corrected chi connectivity index (χ3v) is 2.91. The maximum absolute atomic E-state index is 11.7. The number of carbonyl (C=O) groups excluding carboxylic acids is 2. The zero-order valence-electron chi connectivity index (χ0n) is 10.1. The van der Waals surface area contributed by atoms with Crippen molar-refractivity contribution in [2.24, 2.45) is 0 Å². The Hall–Kier alpha value is -1.10. The van der Waals surface area contributed by atoms with Crippen molar-refractivity contribution in [1.29, 1.82) is 0 Å². The molecule has 0 aromatic heterocycles. The Morgan fingerprint density at radius 1 is 1.25 bits per heavy atom. The van der Waals surface area contributed by atoms with E-state index in [1.807, 2.05) is 4.90 Å². The minimum absolute atomic E-state index is 0.0913. The highest BCUT2D eigenvalue weighted by molar-refractivity contribution is 5.83. The summed E-state index contributed by atoms with van der Waals surface area (Å²) in [6, 6.07) is -0.321. The van der Waals surface area contributed by atoms with E-state index < -0.39 is 0 Å². The second-order valence-corrected chi connectivity index (χ2v) is 4.16. The molecule has 0 aromatic carbocycles. The summed E-state index contributed by atoms with van der Waals surface area (Å²) in [6.07, 6.45) is 3.40. The van der Waals surface area contributed by atoms with Crippen LogP contribution in [-0.4, -0.2) is 49.4 Å². The van der Waals surface area contributed by atoms with Gasteiger partial charge in [-0.3, -0.25) is 14.9 Å². The van der Waals surface area contributed by atoms with Crippen LogP contribution < -0.4 is 10.6 Å². The predicted octanol–water partition coefficient (Wildman–Crippen LogP) is -0.277. The zero-order chi connectivity index (χ0) is 12.0. The smallest absolute Gasteiger partial charge is 0.236 e. The molecule has 1 unspecified atom stereocenters.